The number of nitrogens with one attached hydrogen (secondary N) is 2. The SMILES string of the molecule is CC(C)(C)OC(=O)NCCOCCn1cc(C2CC2C(=O)Nc2cc3cc(Cl)nc(Cl)c3cn2)cn1. The Hall–Kier alpha value is -2.95. The average Bonchev–Trinajstić information content (AvgIpc) is 3.45. The monoisotopic (exact) mass is 534 g/mol. The van der Waals surface area contributed by atoms with Crippen LogP contribution in [0.3, 0.4) is 0 Å². The van der Waals surface area contributed by atoms with E-state index in [0.717, 1.165) is 17.4 Å². The second kappa shape index (κ2) is 11.0. The first-order chi connectivity index (χ1) is 17.1. The Bertz CT molecular complexity index is 1260. The van der Waals surface area contributed by atoms with Crippen molar-refractivity contribution in [2.75, 3.05) is 25.1 Å². The van der Waals surface area contributed by atoms with Crippen LogP contribution in [0.15, 0.2) is 30.7 Å². The number of pyridine rings is 2. The Morgan fingerprint density at radius 2 is 2.00 bits per heavy atom. The summed E-state index contributed by atoms with van der Waals surface area (Å²) in [5, 5.41) is 11.8. The number of aromatic nitrogens is 4. The number of fused-ring (bicyclic) bond motifs is 1. The summed E-state index contributed by atoms with van der Waals surface area (Å²) in [6.45, 7) is 7.18. The average molecular weight is 535 g/mol. The van der Waals surface area contributed by atoms with Crippen molar-refractivity contribution in [1.29, 1.82) is 0 Å². The van der Waals surface area contributed by atoms with Gasteiger partial charge < -0.3 is 20.1 Å². The number of ether oxygens (including phenoxy) is 2. The van der Waals surface area contributed by atoms with Crippen molar-refractivity contribution in [2.24, 2.45) is 5.92 Å². The molecule has 0 aliphatic heterocycles. The van der Waals surface area contributed by atoms with E-state index in [-0.39, 0.29) is 28.0 Å². The molecule has 12 heteroatoms. The fourth-order valence-corrected chi connectivity index (χ4v) is 4.20. The van der Waals surface area contributed by atoms with Crippen LogP contribution in [-0.4, -0.2) is 57.1 Å². The van der Waals surface area contributed by atoms with Crippen molar-refractivity contribution < 1.29 is 19.1 Å². The van der Waals surface area contributed by atoms with Gasteiger partial charge in [0.25, 0.3) is 0 Å². The molecule has 1 aliphatic rings. The lowest BCUT2D eigenvalue weighted by Gasteiger charge is -2.19. The van der Waals surface area contributed by atoms with Gasteiger partial charge in [-0.3, -0.25) is 9.48 Å². The van der Waals surface area contributed by atoms with Gasteiger partial charge in [0, 0.05) is 30.2 Å². The molecule has 0 bridgehead atoms. The summed E-state index contributed by atoms with van der Waals surface area (Å²) in [7, 11) is 0. The van der Waals surface area contributed by atoms with Gasteiger partial charge in [0.05, 0.1) is 26.0 Å². The van der Waals surface area contributed by atoms with Crippen LogP contribution in [-0.2, 0) is 20.8 Å². The summed E-state index contributed by atoms with van der Waals surface area (Å²) < 4.78 is 12.5. The summed E-state index contributed by atoms with van der Waals surface area (Å²) in [5.74, 6) is 0.323. The maximum Gasteiger partial charge on any atom is 0.407 e. The topological polar surface area (TPSA) is 120 Å². The summed E-state index contributed by atoms with van der Waals surface area (Å²) >= 11 is 12.1. The number of alkyl carbamates (subject to hydrolysis) is 1. The van der Waals surface area contributed by atoms with Gasteiger partial charge in [-0.15, -0.1) is 0 Å². The minimum Gasteiger partial charge on any atom is -0.444 e. The number of hydrogen-bond donors (Lipinski definition) is 2. The molecule has 192 valence electrons. The Labute approximate surface area is 218 Å². The molecule has 1 fully saturated rings. The van der Waals surface area contributed by atoms with E-state index in [1.165, 1.54) is 0 Å². The molecule has 3 heterocycles. The molecule has 1 aliphatic carbocycles. The highest BCUT2D eigenvalue weighted by Crippen LogP contribution is 2.47. The third kappa shape index (κ3) is 7.05. The molecule has 0 saturated heterocycles. The van der Waals surface area contributed by atoms with Gasteiger partial charge in [-0.05, 0) is 56.2 Å². The number of hydrogen-bond acceptors (Lipinski definition) is 7. The van der Waals surface area contributed by atoms with Crippen LogP contribution in [0.4, 0.5) is 10.6 Å². The van der Waals surface area contributed by atoms with Crippen molar-refractivity contribution in [2.45, 2.75) is 45.3 Å². The number of rotatable bonds is 9. The predicted molar refractivity (Wildman–Crippen MR) is 136 cm³/mol. The molecule has 4 rings (SSSR count). The first-order valence-corrected chi connectivity index (χ1v) is 12.3. The molecule has 3 aromatic heterocycles. The number of halogens is 2. The number of carbonyl (C=O) groups is 2. The summed E-state index contributed by atoms with van der Waals surface area (Å²) in [5.41, 5.74) is 0.483. The zero-order valence-electron chi connectivity index (χ0n) is 20.3. The molecule has 10 nitrogen and oxygen atoms in total. The van der Waals surface area contributed by atoms with Gasteiger partial charge >= 0.3 is 6.09 Å². The first kappa shape index (κ1) is 26.1. The molecule has 2 N–H and O–H groups in total. The highest BCUT2D eigenvalue weighted by molar-refractivity contribution is 6.36. The third-order valence-electron chi connectivity index (χ3n) is 5.48. The molecule has 0 radical (unpaired) electrons. The highest BCUT2D eigenvalue weighted by Gasteiger charge is 2.44. The number of amides is 2. The van der Waals surface area contributed by atoms with Crippen LogP contribution in [0.25, 0.3) is 10.8 Å². The van der Waals surface area contributed by atoms with Gasteiger partial charge in [0.1, 0.15) is 21.7 Å². The minimum absolute atomic E-state index is 0.0910. The van der Waals surface area contributed by atoms with E-state index in [2.05, 4.69) is 25.7 Å². The van der Waals surface area contributed by atoms with Crippen molar-refractivity contribution >= 4 is 51.8 Å². The predicted octanol–water partition coefficient (Wildman–Crippen LogP) is 4.42. The molecular formula is C24H28Cl2N6O4. The maximum atomic E-state index is 12.7. The Kier molecular flexibility index (Phi) is 7.97. The number of nitrogens with zero attached hydrogens (tertiary/aromatic N) is 4. The van der Waals surface area contributed by atoms with E-state index >= 15 is 0 Å². The molecule has 3 aromatic rings. The number of carbonyl (C=O) groups excluding carboxylic acids is 2. The van der Waals surface area contributed by atoms with Crippen molar-refractivity contribution in [1.82, 2.24) is 25.1 Å². The maximum absolute atomic E-state index is 12.7. The lowest BCUT2D eigenvalue weighted by atomic mass is 10.2. The van der Waals surface area contributed by atoms with E-state index < -0.39 is 11.7 Å². The van der Waals surface area contributed by atoms with Crippen molar-refractivity contribution in [3.63, 3.8) is 0 Å². The molecule has 1 saturated carbocycles. The smallest absolute Gasteiger partial charge is 0.407 e. The fourth-order valence-electron chi connectivity index (χ4n) is 3.71. The van der Waals surface area contributed by atoms with Gasteiger partial charge in [0.15, 0.2) is 0 Å². The standard InChI is InChI=1S/C24H28Cl2N6O4/c1-24(2,3)36-23(34)27-4-6-35-7-5-32-13-15(11-29-32)16-10-17(16)22(33)31-20-9-14-8-19(25)30-21(26)18(14)12-28-20/h8-9,11-13,16-17H,4-7,10H2,1-3H3,(H,27,34)(H,28,31,33). The third-order valence-corrected chi connectivity index (χ3v) is 5.96. The summed E-state index contributed by atoms with van der Waals surface area (Å²) in [6, 6.07) is 3.40. The first-order valence-electron chi connectivity index (χ1n) is 11.6. The van der Waals surface area contributed by atoms with E-state index in [1.54, 1.807) is 29.2 Å². The molecule has 0 aromatic carbocycles. The van der Waals surface area contributed by atoms with Crippen LogP contribution >= 0.6 is 23.2 Å². The Morgan fingerprint density at radius 1 is 1.19 bits per heavy atom. The van der Waals surface area contributed by atoms with Gasteiger partial charge in [-0.25, -0.2) is 14.8 Å². The Balaban J connectivity index is 1.19. The summed E-state index contributed by atoms with van der Waals surface area (Å²) in [6.07, 6.45) is 5.58. The van der Waals surface area contributed by atoms with Crippen LogP contribution in [0.1, 0.15) is 38.7 Å². The van der Waals surface area contributed by atoms with Crippen molar-refractivity contribution in [3.8, 4) is 0 Å². The second-order valence-electron chi connectivity index (χ2n) is 9.54. The lowest BCUT2D eigenvalue weighted by molar-refractivity contribution is -0.117. The van der Waals surface area contributed by atoms with Crippen LogP contribution in [0, 0.1) is 5.92 Å². The second-order valence-corrected chi connectivity index (χ2v) is 10.3. The zero-order valence-corrected chi connectivity index (χ0v) is 21.8. The normalized spacial score (nSPS) is 17.1. The summed E-state index contributed by atoms with van der Waals surface area (Å²) in [4.78, 5) is 32.6. The minimum atomic E-state index is -0.529. The lowest BCUT2D eigenvalue weighted by Crippen LogP contribution is -2.34. The van der Waals surface area contributed by atoms with E-state index in [1.807, 2.05) is 27.0 Å². The molecule has 2 atom stereocenters. The molecule has 0 spiro atoms. The molecular weight excluding hydrogens is 507 g/mol. The van der Waals surface area contributed by atoms with Crippen LogP contribution in [0.2, 0.25) is 10.3 Å². The zero-order chi connectivity index (χ0) is 25.9. The molecule has 2 amide bonds. The highest BCUT2D eigenvalue weighted by atomic mass is 35.5. The van der Waals surface area contributed by atoms with E-state index in [0.29, 0.717) is 37.5 Å². The van der Waals surface area contributed by atoms with Crippen LogP contribution < -0.4 is 10.6 Å². The van der Waals surface area contributed by atoms with Gasteiger partial charge in [-0.2, -0.15) is 5.10 Å². The Morgan fingerprint density at radius 3 is 2.78 bits per heavy atom. The number of anilines is 1. The van der Waals surface area contributed by atoms with Gasteiger partial charge in [0.2, 0.25) is 5.91 Å². The fraction of sp³-hybridized carbons (Fsp3) is 0.458. The van der Waals surface area contributed by atoms with Crippen molar-refractivity contribution in [3.05, 3.63) is 46.6 Å². The van der Waals surface area contributed by atoms with E-state index in [4.69, 9.17) is 32.7 Å². The molecule has 2 unspecified atom stereocenters. The molecule has 36 heavy (non-hydrogen) atoms. The quantitative estimate of drug-likeness (QED) is 0.308. The van der Waals surface area contributed by atoms with E-state index in [9.17, 15) is 9.59 Å². The largest absolute Gasteiger partial charge is 0.444 e. The van der Waals surface area contributed by atoms with Gasteiger partial charge in [-0.1, -0.05) is 23.2 Å². The van der Waals surface area contributed by atoms with Crippen LogP contribution in [0.5, 0.6) is 0 Å².